The van der Waals surface area contributed by atoms with Gasteiger partial charge in [-0.2, -0.15) is 0 Å². The first kappa shape index (κ1) is 13.6. The minimum atomic E-state index is 0.370. The Labute approximate surface area is 111 Å². The van der Waals surface area contributed by atoms with Gasteiger partial charge in [0.15, 0.2) is 0 Å². The normalized spacial score (nSPS) is 26.5. The molecule has 18 heavy (non-hydrogen) atoms. The van der Waals surface area contributed by atoms with E-state index >= 15 is 0 Å². The molecule has 1 aromatic rings. The average Bonchev–Trinajstić information content (AvgIpc) is 2.84. The molecule has 102 valence electrons. The summed E-state index contributed by atoms with van der Waals surface area (Å²) in [4.78, 5) is 2.48. The van der Waals surface area contributed by atoms with Gasteiger partial charge in [-0.3, -0.25) is 4.90 Å². The summed E-state index contributed by atoms with van der Waals surface area (Å²) in [7, 11) is 4.30. The van der Waals surface area contributed by atoms with Gasteiger partial charge in [-0.05, 0) is 65.8 Å². The fraction of sp³-hybridized carbons (Fsp3) is 0.733. The number of nitrogens with zero attached hydrogens (tertiary/aromatic N) is 1. The minimum Gasteiger partial charge on any atom is -0.465 e. The van der Waals surface area contributed by atoms with E-state index in [1.165, 1.54) is 25.7 Å². The minimum absolute atomic E-state index is 0.370. The van der Waals surface area contributed by atoms with E-state index in [-0.39, 0.29) is 0 Å². The van der Waals surface area contributed by atoms with Crippen LogP contribution in [0.1, 0.15) is 50.2 Å². The molecule has 0 saturated heterocycles. The summed E-state index contributed by atoms with van der Waals surface area (Å²) in [6.07, 6.45) is 5.14. The van der Waals surface area contributed by atoms with Crippen LogP contribution >= 0.6 is 0 Å². The molecule has 1 heterocycles. The van der Waals surface area contributed by atoms with E-state index in [1.54, 1.807) is 0 Å². The maximum Gasteiger partial charge on any atom is 0.121 e. The molecule has 1 fully saturated rings. The van der Waals surface area contributed by atoms with E-state index in [1.807, 2.05) is 6.92 Å². The number of nitrogens with one attached hydrogen (secondary N) is 1. The largest absolute Gasteiger partial charge is 0.465 e. The molecular weight excluding hydrogens is 224 g/mol. The lowest BCUT2D eigenvalue weighted by molar-refractivity contribution is 0.123. The SMILES string of the molecule is CNC1CCC(N(C)C(C)c2ccc(C)o2)CC1. The number of furan rings is 1. The molecule has 1 N–H and O–H groups in total. The predicted octanol–water partition coefficient (Wildman–Crippen LogP) is 3.11. The highest BCUT2D eigenvalue weighted by molar-refractivity contribution is 5.09. The molecule has 0 bridgehead atoms. The first-order chi connectivity index (χ1) is 8.61. The Morgan fingerprint density at radius 2 is 1.94 bits per heavy atom. The molecule has 3 nitrogen and oxygen atoms in total. The van der Waals surface area contributed by atoms with Crippen LogP contribution in [-0.4, -0.2) is 31.1 Å². The summed E-state index contributed by atoms with van der Waals surface area (Å²) < 4.78 is 5.75. The van der Waals surface area contributed by atoms with Crippen LogP contribution in [0.5, 0.6) is 0 Å². The van der Waals surface area contributed by atoms with Gasteiger partial charge in [0.1, 0.15) is 11.5 Å². The predicted molar refractivity (Wildman–Crippen MR) is 74.7 cm³/mol. The van der Waals surface area contributed by atoms with Crippen LogP contribution in [0.3, 0.4) is 0 Å². The van der Waals surface area contributed by atoms with Crippen molar-refractivity contribution < 1.29 is 4.42 Å². The highest BCUT2D eigenvalue weighted by atomic mass is 16.3. The second kappa shape index (κ2) is 5.89. The summed E-state index contributed by atoms with van der Waals surface area (Å²) >= 11 is 0. The van der Waals surface area contributed by atoms with Gasteiger partial charge in [0.2, 0.25) is 0 Å². The van der Waals surface area contributed by atoms with Crippen LogP contribution in [0, 0.1) is 6.92 Å². The van der Waals surface area contributed by atoms with E-state index in [0.717, 1.165) is 17.6 Å². The second-order valence-electron chi connectivity index (χ2n) is 5.58. The maximum atomic E-state index is 5.75. The Hall–Kier alpha value is -0.800. The lowest BCUT2D eigenvalue weighted by Gasteiger charge is -2.37. The van der Waals surface area contributed by atoms with Crippen LogP contribution in [0.2, 0.25) is 0 Å². The van der Waals surface area contributed by atoms with E-state index in [2.05, 4.69) is 43.4 Å². The highest BCUT2D eigenvalue weighted by Gasteiger charge is 2.27. The summed E-state index contributed by atoms with van der Waals surface area (Å²) in [6.45, 7) is 4.25. The van der Waals surface area contributed by atoms with Crippen molar-refractivity contribution in [2.45, 2.75) is 57.7 Å². The third kappa shape index (κ3) is 2.96. The van der Waals surface area contributed by atoms with Crippen molar-refractivity contribution in [3.05, 3.63) is 23.7 Å². The van der Waals surface area contributed by atoms with Crippen molar-refractivity contribution in [2.24, 2.45) is 0 Å². The van der Waals surface area contributed by atoms with Crippen molar-refractivity contribution in [3.8, 4) is 0 Å². The van der Waals surface area contributed by atoms with Crippen molar-refractivity contribution in [1.82, 2.24) is 10.2 Å². The van der Waals surface area contributed by atoms with Crippen LogP contribution in [0.25, 0.3) is 0 Å². The van der Waals surface area contributed by atoms with Crippen LogP contribution in [0.15, 0.2) is 16.5 Å². The van der Waals surface area contributed by atoms with E-state index < -0.39 is 0 Å². The maximum absolute atomic E-state index is 5.75. The quantitative estimate of drug-likeness (QED) is 0.890. The fourth-order valence-electron chi connectivity index (χ4n) is 2.97. The van der Waals surface area contributed by atoms with Gasteiger partial charge in [0.25, 0.3) is 0 Å². The molecule has 1 saturated carbocycles. The standard InChI is InChI=1S/C15H26N2O/c1-11-5-10-15(18-11)12(2)17(4)14-8-6-13(16-3)7-9-14/h5,10,12-14,16H,6-9H2,1-4H3. The van der Waals surface area contributed by atoms with Gasteiger partial charge in [-0.1, -0.05) is 0 Å². The molecule has 0 amide bonds. The summed E-state index contributed by atoms with van der Waals surface area (Å²) in [5.74, 6) is 2.09. The number of aryl methyl sites for hydroxylation is 1. The van der Waals surface area contributed by atoms with Crippen molar-refractivity contribution in [3.63, 3.8) is 0 Å². The Morgan fingerprint density at radius 1 is 1.28 bits per heavy atom. The van der Waals surface area contributed by atoms with Gasteiger partial charge in [-0.15, -0.1) is 0 Å². The molecule has 1 unspecified atom stereocenters. The summed E-state index contributed by atoms with van der Waals surface area (Å²) in [5, 5.41) is 3.39. The van der Waals surface area contributed by atoms with Crippen LogP contribution in [0.4, 0.5) is 0 Å². The first-order valence-electron chi connectivity index (χ1n) is 7.07. The molecule has 1 atom stereocenters. The van der Waals surface area contributed by atoms with E-state index in [9.17, 15) is 0 Å². The molecule has 0 aromatic carbocycles. The summed E-state index contributed by atoms with van der Waals surface area (Å²) in [6, 6.07) is 5.94. The number of rotatable bonds is 4. The molecule has 1 aliphatic rings. The smallest absolute Gasteiger partial charge is 0.121 e. The van der Waals surface area contributed by atoms with Gasteiger partial charge < -0.3 is 9.73 Å². The fourth-order valence-corrected chi connectivity index (χ4v) is 2.97. The van der Waals surface area contributed by atoms with Crippen LogP contribution in [-0.2, 0) is 0 Å². The molecule has 2 rings (SSSR count). The zero-order valence-corrected chi connectivity index (χ0v) is 12.1. The topological polar surface area (TPSA) is 28.4 Å². The lowest BCUT2D eigenvalue weighted by Crippen LogP contribution is -2.40. The van der Waals surface area contributed by atoms with E-state index in [0.29, 0.717) is 12.1 Å². The third-order valence-electron chi connectivity index (χ3n) is 4.46. The van der Waals surface area contributed by atoms with Crippen LogP contribution < -0.4 is 5.32 Å². The number of hydrogen-bond donors (Lipinski definition) is 1. The molecule has 1 aliphatic carbocycles. The van der Waals surface area contributed by atoms with E-state index in [4.69, 9.17) is 4.42 Å². The molecule has 0 spiro atoms. The Kier molecular flexibility index (Phi) is 4.46. The Balaban J connectivity index is 1.93. The zero-order chi connectivity index (χ0) is 13.1. The third-order valence-corrected chi connectivity index (χ3v) is 4.46. The van der Waals surface area contributed by atoms with Crippen molar-refractivity contribution in [1.29, 1.82) is 0 Å². The number of hydrogen-bond acceptors (Lipinski definition) is 3. The summed E-state index contributed by atoms with van der Waals surface area (Å²) in [5.41, 5.74) is 0. The second-order valence-corrected chi connectivity index (χ2v) is 5.58. The highest BCUT2D eigenvalue weighted by Crippen LogP contribution is 2.29. The molecule has 3 heteroatoms. The van der Waals surface area contributed by atoms with Gasteiger partial charge in [0.05, 0.1) is 6.04 Å². The van der Waals surface area contributed by atoms with Crippen molar-refractivity contribution in [2.75, 3.05) is 14.1 Å². The molecule has 1 aromatic heterocycles. The van der Waals surface area contributed by atoms with Gasteiger partial charge in [-0.25, -0.2) is 0 Å². The van der Waals surface area contributed by atoms with Gasteiger partial charge >= 0.3 is 0 Å². The van der Waals surface area contributed by atoms with Gasteiger partial charge in [0, 0.05) is 12.1 Å². The molecule has 0 radical (unpaired) electrons. The first-order valence-corrected chi connectivity index (χ1v) is 7.07. The Bertz CT molecular complexity index is 366. The lowest BCUT2D eigenvalue weighted by atomic mass is 9.90. The zero-order valence-electron chi connectivity index (χ0n) is 12.1. The monoisotopic (exact) mass is 250 g/mol. The Morgan fingerprint density at radius 3 is 2.44 bits per heavy atom. The molecular formula is C15H26N2O. The average molecular weight is 250 g/mol. The molecule has 0 aliphatic heterocycles. The van der Waals surface area contributed by atoms with Crippen molar-refractivity contribution >= 4 is 0 Å².